The van der Waals surface area contributed by atoms with Crippen molar-refractivity contribution < 1.29 is 0 Å². The van der Waals surface area contributed by atoms with Gasteiger partial charge in [-0.05, 0) is 31.7 Å². The molecule has 1 aliphatic rings. The third-order valence-corrected chi connectivity index (χ3v) is 4.31. The highest BCUT2D eigenvalue weighted by atomic mass is 32.1. The van der Waals surface area contributed by atoms with Gasteiger partial charge in [0.15, 0.2) is 0 Å². The first kappa shape index (κ1) is 10.1. The SMILES string of the molecule is CNC1(c2nccs2)CCC(C)(C)C1. The Kier molecular flexibility index (Phi) is 2.40. The van der Waals surface area contributed by atoms with Crippen LogP contribution in [0.2, 0.25) is 0 Å². The summed E-state index contributed by atoms with van der Waals surface area (Å²) in [5, 5.41) is 6.81. The molecule has 0 amide bonds. The van der Waals surface area contributed by atoms with Crippen LogP contribution in [0.3, 0.4) is 0 Å². The van der Waals surface area contributed by atoms with Gasteiger partial charge in [-0.25, -0.2) is 4.98 Å². The summed E-state index contributed by atoms with van der Waals surface area (Å²) in [5.74, 6) is 0. The summed E-state index contributed by atoms with van der Waals surface area (Å²) < 4.78 is 0. The molecule has 78 valence electrons. The number of rotatable bonds is 2. The molecule has 2 rings (SSSR count). The topological polar surface area (TPSA) is 24.9 Å². The van der Waals surface area contributed by atoms with Crippen LogP contribution in [-0.2, 0) is 5.54 Å². The number of aromatic nitrogens is 1. The summed E-state index contributed by atoms with van der Waals surface area (Å²) in [6, 6.07) is 0. The van der Waals surface area contributed by atoms with E-state index in [1.54, 1.807) is 11.3 Å². The second kappa shape index (κ2) is 3.31. The first-order valence-electron chi connectivity index (χ1n) is 5.17. The van der Waals surface area contributed by atoms with Gasteiger partial charge >= 0.3 is 0 Å². The van der Waals surface area contributed by atoms with Crippen LogP contribution in [0.25, 0.3) is 0 Å². The van der Waals surface area contributed by atoms with Gasteiger partial charge in [-0.3, -0.25) is 0 Å². The van der Waals surface area contributed by atoms with Crippen molar-refractivity contribution in [1.29, 1.82) is 0 Å². The van der Waals surface area contributed by atoms with E-state index in [0.29, 0.717) is 5.41 Å². The molecule has 0 aromatic carbocycles. The largest absolute Gasteiger partial charge is 0.308 e. The fourth-order valence-corrected chi connectivity index (χ4v) is 3.38. The van der Waals surface area contributed by atoms with Crippen LogP contribution in [0.4, 0.5) is 0 Å². The van der Waals surface area contributed by atoms with Crippen molar-refractivity contribution in [1.82, 2.24) is 10.3 Å². The zero-order valence-corrected chi connectivity index (χ0v) is 9.95. The molecule has 1 saturated carbocycles. The number of thiazole rings is 1. The Hall–Kier alpha value is -0.410. The van der Waals surface area contributed by atoms with E-state index in [1.807, 2.05) is 6.20 Å². The molecule has 1 N–H and O–H groups in total. The lowest BCUT2D eigenvalue weighted by molar-refractivity contribution is 0.304. The summed E-state index contributed by atoms with van der Waals surface area (Å²) in [7, 11) is 2.06. The van der Waals surface area contributed by atoms with Gasteiger partial charge in [-0.15, -0.1) is 11.3 Å². The predicted molar refractivity (Wildman–Crippen MR) is 60.5 cm³/mol. The first-order chi connectivity index (χ1) is 6.58. The van der Waals surface area contributed by atoms with Crippen LogP contribution in [0.1, 0.15) is 38.1 Å². The Labute approximate surface area is 89.8 Å². The lowest BCUT2D eigenvalue weighted by Crippen LogP contribution is -2.38. The molecular weight excluding hydrogens is 192 g/mol. The van der Waals surface area contributed by atoms with Gasteiger partial charge in [0.1, 0.15) is 5.01 Å². The molecule has 1 fully saturated rings. The van der Waals surface area contributed by atoms with Crippen molar-refractivity contribution in [2.45, 2.75) is 38.6 Å². The molecule has 2 nitrogen and oxygen atoms in total. The molecule has 1 aromatic heterocycles. The highest BCUT2D eigenvalue weighted by Crippen LogP contribution is 2.49. The monoisotopic (exact) mass is 210 g/mol. The molecule has 1 aromatic rings. The summed E-state index contributed by atoms with van der Waals surface area (Å²) in [5.41, 5.74) is 0.604. The molecule has 1 unspecified atom stereocenters. The van der Waals surface area contributed by atoms with Crippen LogP contribution in [-0.4, -0.2) is 12.0 Å². The van der Waals surface area contributed by atoms with Gasteiger partial charge in [0, 0.05) is 11.6 Å². The third kappa shape index (κ3) is 1.59. The molecule has 1 atom stereocenters. The predicted octanol–water partition coefficient (Wildman–Crippen LogP) is 2.77. The molecule has 14 heavy (non-hydrogen) atoms. The van der Waals surface area contributed by atoms with Crippen molar-refractivity contribution >= 4 is 11.3 Å². The highest BCUT2D eigenvalue weighted by Gasteiger charge is 2.44. The van der Waals surface area contributed by atoms with Gasteiger partial charge < -0.3 is 5.32 Å². The molecule has 1 heterocycles. The van der Waals surface area contributed by atoms with Crippen LogP contribution in [0.5, 0.6) is 0 Å². The average molecular weight is 210 g/mol. The number of nitrogens with zero attached hydrogens (tertiary/aromatic N) is 1. The Bertz CT molecular complexity index is 305. The minimum atomic E-state index is 0.150. The van der Waals surface area contributed by atoms with E-state index in [-0.39, 0.29) is 5.54 Å². The average Bonchev–Trinajstić information content (AvgIpc) is 2.72. The van der Waals surface area contributed by atoms with E-state index < -0.39 is 0 Å². The minimum absolute atomic E-state index is 0.150. The maximum atomic E-state index is 4.46. The van der Waals surface area contributed by atoms with E-state index in [2.05, 4.69) is 36.6 Å². The number of hydrogen-bond acceptors (Lipinski definition) is 3. The second-order valence-corrected chi connectivity index (χ2v) is 5.90. The molecule has 1 aliphatic carbocycles. The summed E-state index contributed by atoms with van der Waals surface area (Å²) in [6.07, 6.45) is 5.60. The van der Waals surface area contributed by atoms with Crippen molar-refractivity contribution in [2.75, 3.05) is 7.05 Å². The Morgan fingerprint density at radius 3 is 2.64 bits per heavy atom. The van der Waals surface area contributed by atoms with Crippen LogP contribution in [0, 0.1) is 5.41 Å². The van der Waals surface area contributed by atoms with Gasteiger partial charge in [0.2, 0.25) is 0 Å². The molecule has 0 saturated heterocycles. The smallest absolute Gasteiger partial charge is 0.113 e. The van der Waals surface area contributed by atoms with Crippen LogP contribution >= 0.6 is 11.3 Å². The van der Waals surface area contributed by atoms with Crippen LogP contribution < -0.4 is 5.32 Å². The minimum Gasteiger partial charge on any atom is -0.308 e. The van der Waals surface area contributed by atoms with Crippen molar-refractivity contribution in [3.05, 3.63) is 16.6 Å². The van der Waals surface area contributed by atoms with Gasteiger partial charge in [-0.1, -0.05) is 13.8 Å². The lowest BCUT2D eigenvalue weighted by Gasteiger charge is -2.28. The van der Waals surface area contributed by atoms with E-state index >= 15 is 0 Å². The Morgan fingerprint density at radius 2 is 2.21 bits per heavy atom. The quantitative estimate of drug-likeness (QED) is 0.812. The van der Waals surface area contributed by atoms with Gasteiger partial charge in [0.25, 0.3) is 0 Å². The second-order valence-electron chi connectivity index (χ2n) is 5.01. The summed E-state index contributed by atoms with van der Waals surface area (Å²) >= 11 is 1.77. The van der Waals surface area contributed by atoms with Crippen molar-refractivity contribution in [2.24, 2.45) is 5.41 Å². The first-order valence-corrected chi connectivity index (χ1v) is 6.05. The van der Waals surface area contributed by atoms with E-state index in [1.165, 1.54) is 24.3 Å². The Balaban J connectivity index is 2.29. The standard InChI is InChI=1S/C11H18N2S/c1-10(2)4-5-11(8-10,12-3)9-13-6-7-14-9/h6-7,12H,4-5,8H2,1-3H3. The van der Waals surface area contributed by atoms with Gasteiger partial charge in [0.05, 0.1) is 5.54 Å². The summed E-state index contributed by atoms with van der Waals surface area (Å²) in [4.78, 5) is 4.46. The molecule has 0 spiro atoms. The third-order valence-electron chi connectivity index (χ3n) is 3.33. The maximum absolute atomic E-state index is 4.46. The highest BCUT2D eigenvalue weighted by molar-refractivity contribution is 7.09. The maximum Gasteiger partial charge on any atom is 0.113 e. The normalized spacial score (nSPS) is 30.8. The Morgan fingerprint density at radius 1 is 1.43 bits per heavy atom. The van der Waals surface area contributed by atoms with Crippen molar-refractivity contribution in [3.8, 4) is 0 Å². The number of nitrogens with one attached hydrogen (secondary N) is 1. The summed E-state index contributed by atoms with van der Waals surface area (Å²) in [6.45, 7) is 4.69. The zero-order chi connectivity index (χ0) is 10.2. The number of hydrogen-bond donors (Lipinski definition) is 1. The molecular formula is C11H18N2S. The molecule has 0 aliphatic heterocycles. The molecule has 0 bridgehead atoms. The van der Waals surface area contributed by atoms with E-state index in [4.69, 9.17) is 0 Å². The lowest BCUT2D eigenvalue weighted by atomic mass is 9.88. The van der Waals surface area contributed by atoms with Crippen molar-refractivity contribution in [3.63, 3.8) is 0 Å². The van der Waals surface area contributed by atoms with Gasteiger partial charge in [-0.2, -0.15) is 0 Å². The van der Waals surface area contributed by atoms with Crippen LogP contribution in [0.15, 0.2) is 11.6 Å². The fourth-order valence-electron chi connectivity index (χ4n) is 2.51. The molecule has 3 heteroatoms. The zero-order valence-electron chi connectivity index (χ0n) is 9.13. The van der Waals surface area contributed by atoms with E-state index in [9.17, 15) is 0 Å². The fraction of sp³-hybridized carbons (Fsp3) is 0.727. The van der Waals surface area contributed by atoms with E-state index in [0.717, 1.165) is 0 Å². The molecule has 0 radical (unpaired) electrons.